The predicted octanol–water partition coefficient (Wildman–Crippen LogP) is 2.06. The van der Waals surface area contributed by atoms with Crippen molar-refractivity contribution in [3.05, 3.63) is 39.8 Å². The van der Waals surface area contributed by atoms with Gasteiger partial charge in [-0.1, -0.05) is 13.0 Å². The Balaban J connectivity index is 2.43. The van der Waals surface area contributed by atoms with Gasteiger partial charge in [-0.15, -0.1) is 5.10 Å². The summed E-state index contributed by atoms with van der Waals surface area (Å²) in [5.74, 6) is 0. The zero-order chi connectivity index (χ0) is 15.4. The third-order valence-corrected chi connectivity index (χ3v) is 4.03. The number of nitrogens with zero attached hydrogens (tertiary/aromatic N) is 3. The smallest absolute Gasteiger partial charge is 0.343 e. The van der Waals surface area contributed by atoms with Gasteiger partial charge in [0.2, 0.25) is 0 Å². The average Bonchev–Trinajstić information content (AvgIpc) is 2.80. The largest absolute Gasteiger partial charge is 0.389 e. The summed E-state index contributed by atoms with van der Waals surface area (Å²) in [5, 5.41) is 25.8. The van der Waals surface area contributed by atoms with E-state index in [1.165, 1.54) is 11.8 Å². The van der Waals surface area contributed by atoms with Gasteiger partial charge in [-0.2, -0.15) is 5.26 Å². The fourth-order valence-electron chi connectivity index (χ4n) is 1.94. The number of aliphatic hydroxyl groups is 1. The van der Waals surface area contributed by atoms with E-state index in [-0.39, 0.29) is 5.69 Å². The Morgan fingerprint density at radius 2 is 2.33 bits per heavy atom. The zero-order valence-corrected chi connectivity index (χ0v) is 12.6. The molecule has 2 aromatic rings. The van der Waals surface area contributed by atoms with E-state index in [0.717, 1.165) is 11.3 Å². The average molecular weight is 304 g/mol. The lowest BCUT2D eigenvalue weighted by Crippen LogP contribution is -2.17. The maximum absolute atomic E-state index is 11.7. The molecule has 1 aromatic heterocycles. The van der Waals surface area contributed by atoms with Crippen LogP contribution in [-0.2, 0) is 6.54 Å². The third-order valence-electron chi connectivity index (χ3n) is 2.96. The molecule has 1 atom stereocenters. The molecule has 1 heterocycles. The van der Waals surface area contributed by atoms with E-state index in [1.54, 1.807) is 29.7 Å². The van der Waals surface area contributed by atoms with Crippen LogP contribution in [0.25, 0.3) is 0 Å². The Kier molecular flexibility index (Phi) is 4.83. The van der Waals surface area contributed by atoms with Crippen molar-refractivity contribution in [3.8, 4) is 6.07 Å². The highest BCUT2D eigenvalue weighted by Gasteiger charge is 2.15. The number of H-pyrrole nitrogens is 1. The van der Waals surface area contributed by atoms with Gasteiger partial charge in [0.25, 0.3) is 0 Å². The first-order valence-corrected chi connectivity index (χ1v) is 7.43. The van der Waals surface area contributed by atoms with Crippen LogP contribution in [0, 0.1) is 11.3 Å². The molecule has 0 amide bonds. The van der Waals surface area contributed by atoms with Gasteiger partial charge >= 0.3 is 5.69 Å². The second-order valence-corrected chi connectivity index (χ2v) is 5.61. The van der Waals surface area contributed by atoms with Crippen molar-refractivity contribution in [1.29, 1.82) is 5.26 Å². The molecule has 0 saturated carbocycles. The summed E-state index contributed by atoms with van der Waals surface area (Å²) in [4.78, 5) is 12.4. The lowest BCUT2D eigenvalue weighted by atomic mass is 10.1. The molecule has 0 saturated heterocycles. The maximum atomic E-state index is 11.7. The molecular formula is C14H16N4O2S. The Labute approximate surface area is 126 Å². The van der Waals surface area contributed by atoms with Gasteiger partial charge < -0.3 is 5.11 Å². The van der Waals surface area contributed by atoms with Crippen molar-refractivity contribution in [1.82, 2.24) is 14.8 Å². The van der Waals surface area contributed by atoms with Crippen molar-refractivity contribution in [2.75, 3.05) is 0 Å². The molecule has 0 radical (unpaired) electrons. The number of hydrogen-bond acceptors (Lipinski definition) is 5. The van der Waals surface area contributed by atoms with Crippen LogP contribution in [0.5, 0.6) is 0 Å². The van der Waals surface area contributed by atoms with Crippen LogP contribution in [0.15, 0.2) is 33.0 Å². The number of benzene rings is 1. The second kappa shape index (κ2) is 6.61. The van der Waals surface area contributed by atoms with Gasteiger partial charge in [-0.05, 0) is 42.8 Å². The number of aromatic nitrogens is 3. The Morgan fingerprint density at radius 1 is 1.57 bits per heavy atom. The Morgan fingerprint density at radius 3 is 2.95 bits per heavy atom. The van der Waals surface area contributed by atoms with Crippen molar-refractivity contribution in [2.24, 2.45) is 0 Å². The first-order chi connectivity index (χ1) is 10.1. The SMILES string of the molecule is CCCn1c(Sc2cc(C#N)ccc2[C@H](C)O)n[nH]c1=O. The monoisotopic (exact) mass is 304 g/mol. The van der Waals surface area contributed by atoms with Gasteiger partial charge in [-0.25, -0.2) is 9.89 Å². The molecule has 0 spiro atoms. The first kappa shape index (κ1) is 15.4. The Hall–Kier alpha value is -2.04. The van der Waals surface area contributed by atoms with Crippen molar-refractivity contribution in [3.63, 3.8) is 0 Å². The van der Waals surface area contributed by atoms with Gasteiger partial charge in [0.05, 0.1) is 17.7 Å². The molecule has 0 aliphatic carbocycles. The Bertz CT molecular complexity index is 727. The van der Waals surface area contributed by atoms with Gasteiger partial charge in [0.1, 0.15) is 0 Å². The van der Waals surface area contributed by atoms with E-state index < -0.39 is 6.10 Å². The van der Waals surface area contributed by atoms with Crippen LogP contribution >= 0.6 is 11.8 Å². The van der Waals surface area contributed by atoms with Crippen molar-refractivity contribution < 1.29 is 5.11 Å². The fourth-order valence-corrected chi connectivity index (χ4v) is 3.05. The van der Waals surface area contributed by atoms with E-state index >= 15 is 0 Å². The number of rotatable bonds is 5. The van der Waals surface area contributed by atoms with Gasteiger partial charge in [-0.3, -0.25) is 4.57 Å². The molecule has 21 heavy (non-hydrogen) atoms. The molecule has 2 N–H and O–H groups in total. The van der Waals surface area contributed by atoms with E-state index in [0.29, 0.717) is 22.8 Å². The summed E-state index contributed by atoms with van der Waals surface area (Å²) in [6, 6.07) is 7.15. The third kappa shape index (κ3) is 3.35. The summed E-state index contributed by atoms with van der Waals surface area (Å²) >= 11 is 1.27. The molecule has 110 valence electrons. The number of nitrogens with one attached hydrogen (secondary N) is 1. The lowest BCUT2D eigenvalue weighted by molar-refractivity contribution is 0.196. The predicted molar refractivity (Wildman–Crippen MR) is 79.1 cm³/mol. The van der Waals surface area contributed by atoms with E-state index in [2.05, 4.69) is 16.3 Å². The van der Waals surface area contributed by atoms with Crippen molar-refractivity contribution in [2.45, 2.75) is 43.0 Å². The van der Waals surface area contributed by atoms with Crippen LogP contribution in [0.4, 0.5) is 0 Å². The van der Waals surface area contributed by atoms with Crippen LogP contribution in [0.1, 0.15) is 37.5 Å². The highest BCUT2D eigenvalue weighted by Crippen LogP contribution is 2.32. The summed E-state index contributed by atoms with van der Waals surface area (Å²) < 4.78 is 1.55. The highest BCUT2D eigenvalue weighted by atomic mass is 32.2. The molecule has 0 aliphatic rings. The molecule has 0 fully saturated rings. The van der Waals surface area contributed by atoms with E-state index in [4.69, 9.17) is 5.26 Å². The topological polar surface area (TPSA) is 94.7 Å². The number of aliphatic hydroxyl groups excluding tert-OH is 1. The van der Waals surface area contributed by atoms with Gasteiger partial charge in [0.15, 0.2) is 5.16 Å². The standard InChI is InChI=1S/C14H16N4O2S/c1-3-6-18-13(20)16-17-14(18)21-12-7-10(8-15)4-5-11(12)9(2)19/h4-5,7,9,19H,3,6H2,1-2H3,(H,16,20)/t9-/m0/s1. The van der Waals surface area contributed by atoms with E-state index in [9.17, 15) is 9.90 Å². The molecule has 2 rings (SSSR count). The summed E-state index contributed by atoms with van der Waals surface area (Å²) in [6.45, 7) is 4.21. The quantitative estimate of drug-likeness (QED) is 0.881. The van der Waals surface area contributed by atoms with Crippen molar-refractivity contribution >= 4 is 11.8 Å². The molecule has 6 nitrogen and oxygen atoms in total. The lowest BCUT2D eigenvalue weighted by Gasteiger charge is -2.11. The summed E-state index contributed by atoms with van der Waals surface area (Å²) in [6.07, 6.45) is 0.152. The van der Waals surface area contributed by atoms with E-state index in [1.807, 2.05) is 6.92 Å². The first-order valence-electron chi connectivity index (χ1n) is 6.62. The van der Waals surface area contributed by atoms with Crippen LogP contribution < -0.4 is 5.69 Å². The normalized spacial score (nSPS) is 12.1. The highest BCUT2D eigenvalue weighted by molar-refractivity contribution is 7.99. The molecule has 1 aromatic carbocycles. The second-order valence-electron chi connectivity index (χ2n) is 4.61. The van der Waals surface area contributed by atoms with Crippen LogP contribution in [0.2, 0.25) is 0 Å². The maximum Gasteiger partial charge on any atom is 0.343 e. The molecular weight excluding hydrogens is 288 g/mol. The minimum atomic E-state index is -0.662. The molecule has 0 aliphatic heterocycles. The fraction of sp³-hybridized carbons (Fsp3) is 0.357. The van der Waals surface area contributed by atoms with Gasteiger partial charge in [0, 0.05) is 11.4 Å². The van der Waals surface area contributed by atoms with Crippen LogP contribution in [0.3, 0.4) is 0 Å². The zero-order valence-electron chi connectivity index (χ0n) is 11.8. The summed E-state index contributed by atoms with van der Waals surface area (Å²) in [7, 11) is 0. The van der Waals surface area contributed by atoms with Crippen LogP contribution in [-0.4, -0.2) is 19.9 Å². The molecule has 7 heteroatoms. The minimum Gasteiger partial charge on any atom is -0.389 e. The summed E-state index contributed by atoms with van der Waals surface area (Å²) in [5.41, 5.74) is 0.953. The minimum absolute atomic E-state index is 0.255. The number of aromatic amines is 1. The molecule has 0 bridgehead atoms. The molecule has 0 unspecified atom stereocenters. The number of nitriles is 1. The number of hydrogen-bond donors (Lipinski definition) is 2.